The SMILES string of the molecule is OC(Cc1c(F)cccc1Cl)C1CCC1. The highest BCUT2D eigenvalue weighted by Crippen LogP contribution is 2.32. The van der Waals surface area contributed by atoms with Crippen LogP contribution in [0.5, 0.6) is 0 Å². The molecule has 1 aromatic carbocycles. The molecule has 0 radical (unpaired) electrons. The normalized spacial score (nSPS) is 18.6. The predicted octanol–water partition coefficient (Wildman–Crippen LogP) is 3.18. The molecule has 1 N–H and O–H groups in total. The maximum absolute atomic E-state index is 13.4. The molecule has 1 unspecified atom stereocenters. The summed E-state index contributed by atoms with van der Waals surface area (Å²) < 4.78 is 13.4. The third kappa shape index (κ3) is 2.32. The van der Waals surface area contributed by atoms with Gasteiger partial charge in [0.05, 0.1) is 6.10 Å². The van der Waals surface area contributed by atoms with Crippen molar-refractivity contribution in [3.05, 3.63) is 34.6 Å². The van der Waals surface area contributed by atoms with Gasteiger partial charge in [0.2, 0.25) is 0 Å². The molecular weight excluding hydrogens is 215 g/mol. The molecule has 1 fully saturated rings. The van der Waals surface area contributed by atoms with Crippen LogP contribution in [-0.4, -0.2) is 11.2 Å². The van der Waals surface area contributed by atoms with Gasteiger partial charge in [-0.25, -0.2) is 4.39 Å². The largest absolute Gasteiger partial charge is 0.392 e. The standard InChI is InChI=1S/C12H14ClFO/c13-10-5-2-6-11(14)9(10)7-12(15)8-3-1-4-8/h2,5-6,8,12,15H,1,3-4,7H2. The summed E-state index contributed by atoms with van der Waals surface area (Å²) in [6.45, 7) is 0. The van der Waals surface area contributed by atoms with Crippen molar-refractivity contribution >= 4 is 11.6 Å². The zero-order valence-corrected chi connectivity index (χ0v) is 9.17. The summed E-state index contributed by atoms with van der Waals surface area (Å²) in [5, 5.41) is 10.3. The second-order valence-corrected chi connectivity index (χ2v) is 4.57. The first-order valence-corrected chi connectivity index (χ1v) is 5.67. The minimum Gasteiger partial charge on any atom is -0.392 e. The molecule has 0 saturated heterocycles. The third-order valence-electron chi connectivity index (χ3n) is 3.17. The highest BCUT2D eigenvalue weighted by molar-refractivity contribution is 6.31. The van der Waals surface area contributed by atoms with Gasteiger partial charge in [-0.2, -0.15) is 0 Å². The van der Waals surface area contributed by atoms with Gasteiger partial charge in [0.25, 0.3) is 0 Å². The van der Waals surface area contributed by atoms with Crippen LogP contribution >= 0.6 is 11.6 Å². The Morgan fingerprint density at radius 2 is 2.20 bits per heavy atom. The Balaban J connectivity index is 2.09. The van der Waals surface area contributed by atoms with Crippen LogP contribution in [0.3, 0.4) is 0 Å². The molecule has 1 nitrogen and oxygen atoms in total. The Morgan fingerprint density at radius 3 is 2.73 bits per heavy atom. The number of aliphatic hydroxyl groups excluding tert-OH is 1. The van der Waals surface area contributed by atoms with Crippen LogP contribution in [0.25, 0.3) is 0 Å². The molecular formula is C12H14ClFO. The van der Waals surface area contributed by atoms with Crippen molar-refractivity contribution in [2.75, 3.05) is 0 Å². The number of aliphatic hydroxyl groups is 1. The Labute approximate surface area is 93.9 Å². The van der Waals surface area contributed by atoms with Crippen LogP contribution in [0, 0.1) is 11.7 Å². The topological polar surface area (TPSA) is 20.2 Å². The van der Waals surface area contributed by atoms with Gasteiger partial charge < -0.3 is 5.11 Å². The average molecular weight is 229 g/mol. The molecule has 15 heavy (non-hydrogen) atoms. The predicted molar refractivity (Wildman–Crippen MR) is 58.5 cm³/mol. The molecule has 0 amide bonds. The summed E-state index contributed by atoms with van der Waals surface area (Å²) in [5.41, 5.74) is 0.443. The van der Waals surface area contributed by atoms with E-state index in [0.717, 1.165) is 12.8 Å². The van der Waals surface area contributed by atoms with Gasteiger partial charge in [-0.3, -0.25) is 0 Å². The summed E-state index contributed by atoms with van der Waals surface area (Å²) in [7, 11) is 0. The van der Waals surface area contributed by atoms with Gasteiger partial charge >= 0.3 is 0 Å². The maximum Gasteiger partial charge on any atom is 0.127 e. The van der Waals surface area contributed by atoms with Crippen molar-refractivity contribution in [2.45, 2.75) is 31.8 Å². The molecule has 3 heteroatoms. The Bertz CT molecular complexity index is 329. The monoisotopic (exact) mass is 228 g/mol. The molecule has 1 aromatic rings. The first-order valence-electron chi connectivity index (χ1n) is 5.29. The first kappa shape index (κ1) is 10.9. The lowest BCUT2D eigenvalue weighted by atomic mass is 9.79. The Kier molecular flexibility index (Phi) is 3.27. The van der Waals surface area contributed by atoms with Crippen LogP contribution in [0.15, 0.2) is 18.2 Å². The van der Waals surface area contributed by atoms with E-state index in [1.54, 1.807) is 12.1 Å². The summed E-state index contributed by atoms with van der Waals surface area (Å²) in [6.07, 6.45) is 3.15. The van der Waals surface area contributed by atoms with Gasteiger partial charge in [0.1, 0.15) is 5.82 Å². The van der Waals surface area contributed by atoms with Crippen molar-refractivity contribution in [3.63, 3.8) is 0 Å². The lowest BCUT2D eigenvalue weighted by Gasteiger charge is -2.30. The molecule has 0 bridgehead atoms. The van der Waals surface area contributed by atoms with Gasteiger partial charge in [-0.1, -0.05) is 24.1 Å². The van der Waals surface area contributed by atoms with Crippen molar-refractivity contribution in [3.8, 4) is 0 Å². The van der Waals surface area contributed by atoms with Gasteiger partial charge in [0.15, 0.2) is 0 Å². The molecule has 0 aromatic heterocycles. The molecule has 0 aliphatic heterocycles. The molecule has 0 spiro atoms. The van der Waals surface area contributed by atoms with Crippen molar-refractivity contribution in [2.24, 2.45) is 5.92 Å². The van der Waals surface area contributed by atoms with E-state index in [-0.39, 0.29) is 5.82 Å². The fourth-order valence-corrected chi connectivity index (χ4v) is 2.17. The zero-order chi connectivity index (χ0) is 10.8. The number of rotatable bonds is 3. The Morgan fingerprint density at radius 1 is 1.47 bits per heavy atom. The fourth-order valence-electron chi connectivity index (χ4n) is 1.93. The fraction of sp³-hybridized carbons (Fsp3) is 0.500. The summed E-state index contributed by atoms with van der Waals surface area (Å²) in [6, 6.07) is 4.62. The van der Waals surface area contributed by atoms with Gasteiger partial charge in [-0.05, 0) is 30.9 Å². The Hall–Kier alpha value is -0.600. The smallest absolute Gasteiger partial charge is 0.127 e. The highest BCUT2D eigenvalue weighted by Gasteiger charge is 2.26. The molecule has 1 aliphatic carbocycles. The van der Waals surface area contributed by atoms with Crippen LogP contribution in [0.4, 0.5) is 4.39 Å². The average Bonchev–Trinajstić information content (AvgIpc) is 2.08. The summed E-state index contributed by atoms with van der Waals surface area (Å²) in [4.78, 5) is 0. The number of benzene rings is 1. The number of hydrogen-bond acceptors (Lipinski definition) is 1. The van der Waals surface area contributed by atoms with Crippen LogP contribution in [0.2, 0.25) is 5.02 Å². The number of halogens is 2. The third-order valence-corrected chi connectivity index (χ3v) is 3.52. The summed E-state index contributed by atoms with van der Waals surface area (Å²) in [5.74, 6) is 0.0153. The van der Waals surface area contributed by atoms with E-state index >= 15 is 0 Å². The quantitative estimate of drug-likeness (QED) is 0.843. The van der Waals surface area contributed by atoms with E-state index in [9.17, 15) is 9.50 Å². The van der Waals surface area contributed by atoms with Crippen molar-refractivity contribution in [1.82, 2.24) is 0 Å². The molecule has 0 heterocycles. The highest BCUT2D eigenvalue weighted by atomic mass is 35.5. The minimum atomic E-state index is -0.451. The molecule has 1 atom stereocenters. The molecule has 1 saturated carbocycles. The van der Waals surface area contributed by atoms with E-state index < -0.39 is 6.10 Å². The van der Waals surface area contributed by atoms with Gasteiger partial charge in [-0.15, -0.1) is 0 Å². The van der Waals surface area contributed by atoms with Crippen LogP contribution < -0.4 is 0 Å². The first-order chi connectivity index (χ1) is 7.18. The lowest BCUT2D eigenvalue weighted by Crippen LogP contribution is -2.28. The van der Waals surface area contributed by atoms with Gasteiger partial charge in [0, 0.05) is 17.0 Å². The zero-order valence-electron chi connectivity index (χ0n) is 8.42. The van der Waals surface area contributed by atoms with E-state index in [2.05, 4.69) is 0 Å². The second kappa shape index (κ2) is 4.50. The van der Waals surface area contributed by atoms with Crippen molar-refractivity contribution in [1.29, 1.82) is 0 Å². The molecule has 82 valence electrons. The maximum atomic E-state index is 13.4. The molecule has 1 aliphatic rings. The van der Waals surface area contributed by atoms with Crippen molar-refractivity contribution < 1.29 is 9.50 Å². The van der Waals surface area contributed by atoms with Crippen LogP contribution in [0.1, 0.15) is 24.8 Å². The van der Waals surface area contributed by atoms with E-state index in [4.69, 9.17) is 11.6 Å². The van der Waals surface area contributed by atoms with E-state index in [1.807, 2.05) is 0 Å². The lowest BCUT2D eigenvalue weighted by molar-refractivity contribution is 0.0623. The summed E-state index contributed by atoms with van der Waals surface area (Å²) >= 11 is 5.89. The number of hydrogen-bond donors (Lipinski definition) is 1. The van der Waals surface area contributed by atoms with E-state index in [0.29, 0.717) is 22.9 Å². The second-order valence-electron chi connectivity index (χ2n) is 4.16. The molecule has 2 rings (SSSR count). The van der Waals surface area contributed by atoms with E-state index in [1.165, 1.54) is 12.5 Å². The minimum absolute atomic E-state index is 0.319. The van der Waals surface area contributed by atoms with Crippen LogP contribution in [-0.2, 0) is 6.42 Å².